The molecule has 0 unspecified atom stereocenters. The SMILES string of the molecule is COc1ccccc1NC(=O)COc1c(Br)cc(/C=C2\C(=O)N(c3ccc(C(=O)O)cc3)N=C2C)cc1OC. The van der Waals surface area contributed by atoms with E-state index in [1.807, 2.05) is 0 Å². The normalized spacial score (nSPS) is 13.7. The highest BCUT2D eigenvalue weighted by Gasteiger charge is 2.29. The minimum Gasteiger partial charge on any atom is -0.495 e. The fourth-order valence-corrected chi connectivity index (χ4v) is 4.38. The Kier molecular flexibility index (Phi) is 8.30. The number of carboxylic acids is 1. The van der Waals surface area contributed by atoms with Crippen molar-refractivity contribution in [3.63, 3.8) is 0 Å². The number of carboxylic acid groups (broad SMARTS) is 1. The van der Waals surface area contributed by atoms with Gasteiger partial charge in [0.05, 0.1) is 46.9 Å². The number of benzene rings is 3. The van der Waals surface area contributed by atoms with Crippen molar-refractivity contribution >= 4 is 56.9 Å². The lowest BCUT2D eigenvalue weighted by Gasteiger charge is -2.15. The number of carbonyl (C=O) groups excluding carboxylic acids is 2. The maximum atomic E-state index is 13.1. The van der Waals surface area contributed by atoms with Gasteiger partial charge in [-0.15, -0.1) is 0 Å². The van der Waals surface area contributed by atoms with Crippen LogP contribution in [-0.4, -0.2) is 49.4 Å². The first-order chi connectivity index (χ1) is 18.7. The number of anilines is 2. The van der Waals surface area contributed by atoms with Gasteiger partial charge >= 0.3 is 5.97 Å². The molecule has 3 aromatic rings. The first-order valence-corrected chi connectivity index (χ1v) is 12.4. The monoisotopic (exact) mass is 593 g/mol. The third-order valence-electron chi connectivity index (χ3n) is 5.71. The molecule has 10 nitrogen and oxygen atoms in total. The fraction of sp³-hybridized carbons (Fsp3) is 0.143. The van der Waals surface area contributed by atoms with E-state index in [0.717, 1.165) is 0 Å². The molecule has 0 saturated heterocycles. The van der Waals surface area contributed by atoms with Crippen molar-refractivity contribution in [2.45, 2.75) is 6.92 Å². The summed E-state index contributed by atoms with van der Waals surface area (Å²) in [5.41, 5.74) is 2.55. The molecule has 0 aromatic heterocycles. The van der Waals surface area contributed by atoms with Crippen LogP contribution in [0.4, 0.5) is 11.4 Å². The number of hydrogen-bond donors (Lipinski definition) is 2. The van der Waals surface area contributed by atoms with Crippen molar-refractivity contribution in [3.8, 4) is 17.2 Å². The summed E-state index contributed by atoms with van der Waals surface area (Å²) >= 11 is 3.47. The van der Waals surface area contributed by atoms with Crippen molar-refractivity contribution in [3.05, 3.63) is 81.8 Å². The lowest BCUT2D eigenvalue weighted by molar-refractivity contribution is -0.118. The van der Waals surface area contributed by atoms with Crippen molar-refractivity contribution < 1.29 is 33.7 Å². The van der Waals surface area contributed by atoms with E-state index in [9.17, 15) is 14.4 Å². The van der Waals surface area contributed by atoms with Crippen LogP contribution in [0.3, 0.4) is 0 Å². The number of methoxy groups -OCH3 is 2. The number of hydrazone groups is 1. The van der Waals surface area contributed by atoms with Gasteiger partial charge in [-0.3, -0.25) is 9.59 Å². The molecule has 1 aliphatic rings. The molecule has 0 spiro atoms. The second-order valence-corrected chi connectivity index (χ2v) is 9.14. The number of amides is 2. The van der Waals surface area contributed by atoms with Crippen molar-refractivity contribution in [2.24, 2.45) is 5.10 Å². The largest absolute Gasteiger partial charge is 0.495 e. The number of halogens is 1. The quantitative estimate of drug-likeness (QED) is 0.335. The summed E-state index contributed by atoms with van der Waals surface area (Å²) in [6.07, 6.45) is 1.66. The standard InChI is InChI=1S/C28H24BrN3O7/c1-16-20(27(34)32(31-16)19-10-8-18(9-11-19)28(35)36)12-17-13-21(29)26(24(14-17)38-3)39-15-25(33)30-22-6-4-5-7-23(22)37-2/h4-14H,15H2,1-3H3,(H,30,33)(H,35,36)/b20-12-. The van der Waals surface area contributed by atoms with E-state index in [4.69, 9.17) is 19.3 Å². The van der Waals surface area contributed by atoms with E-state index in [2.05, 4.69) is 26.3 Å². The summed E-state index contributed by atoms with van der Waals surface area (Å²) in [5.74, 6) is -0.615. The Hall–Kier alpha value is -4.64. The number of nitrogens with one attached hydrogen (secondary N) is 1. The van der Waals surface area contributed by atoms with Crippen LogP contribution in [0.1, 0.15) is 22.8 Å². The van der Waals surface area contributed by atoms with Crippen LogP contribution in [0.25, 0.3) is 6.08 Å². The molecule has 2 N–H and O–H groups in total. The molecule has 0 saturated carbocycles. The molecule has 1 heterocycles. The summed E-state index contributed by atoms with van der Waals surface area (Å²) in [6, 6.07) is 16.3. The third kappa shape index (κ3) is 6.10. The second-order valence-electron chi connectivity index (χ2n) is 8.28. The first kappa shape index (κ1) is 27.4. The lowest BCUT2D eigenvalue weighted by atomic mass is 10.1. The van der Waals surface area contributed by atoms with Crippen LogP contribution in [-0.2, 0) is 9.59 Å². The Bertz CT molecular complexity index is 1500. The van der Waals surface area contributed by atoms with Gasteiger partial charge in [-0.1, -0.05) is 12.1 Å². The molecule has 3 aromatic carbocycles. The zero-order valence-electron chi connectivity index (χ0n) is 21.2. The molecule has 2 amide bonds. The summed E-state index contributed by atoms with van der Waals surface area (Å²) < 4.78 is 17.0. The number of carbonyl (C=O) groups is 3. The summed E-state index contributed by atoms with van der Waals surface area (Å²) in [7, 11) is 2.99. The number of rotatable bonds is 9. The molecule has 0 bridgehead atoms. The first-order valence-electron chi connectivity index (χ1n) is 11.6. The summed E-state index contributed by atoms with van der Waals surface area (Å²) in [6.45, 7) is 1.42. The Morgan fingerprint density at radius 2 is 1.74 bits per heavy atom. The van der Waals surface area contributed by atoms with Gasteiger partial charge in [-0.25, -0.2) is 4.79 Å². The fourth-order valence-electron chi connectivity index (χ4n) is 3.81. The van der Waals surface area contributed by atoms with E-state index < -0.39 is 5.97 Å². The second kappa shape index (κ2) is 11.8. The Balaban J connectivity index is 1.50. The highest BCUT2D eigenvalue weighted by atomic mass is 79.9. The number of hydrogen-bond acceptors (Lipinski definition) is 7. The van der Waals surface area contributed by atoms with Crippen LogP contribution in [0.2, 0.25) is 0 Å². The molecule has 200 valence electrons. The maximum Gasteiger partial charge on any atom is 0.335 e. The van der Waals surface area contributed by atoms with E-state index >= 15 is 0 Å². The molecule has 39 heavy (non-hydrogen) atoms. The zero-order valence-corrected chi connectivity index (χ0v) is 22.8. The molecule has 1 aliphatic heterocycles. The van der Waals surface area contributed by atoms with E-state index in [1.165, 1.54) is 43.5 Å². The smallest absolute Gasteiger partial charge is 0.335 e. The van der Waals surface area contributed by atoms with Gasteiger partial charge in [0, 0.05) is 0 Å². The predicted molar refractivity (Wildman–Crippen MR) is 150 cm³/mol. The van der Waals surface area contributed by atoms with Gasteiger partial charge in [0.25, 0.3) is 11.8 Å². The molecule has 0 aliphatic carbocycles. The van der Waals surface area contributed by atoms with Crippen molar-refractivity contribution in [1.82, 2.24) is 0 Å². The Labute approximate surface area is 232 Å². The minimum absolute atomic E-state index is 0.110. The molecule has 0 atom stereocenters. The van der Waals surface area contributed by atoms with Gasteiger partial charge in [0.15, 0.2) is 18.1 Å². The average Bonchev–Trinajstić information content (AvgIpc) is 3.20. The molecular weight excluding hydrogens is 570 g/mol. The van der Waals surface area contributed by atoms with E-state index in [1.54, 1.807) is 49.4 Å². The Morgan fingerprint density at radius 1 is 1.05 bits per heavy atom. The van der Waals surface area contributed by atoms with Gasteiger partial charge in [0.1, 0.15) is 5.75 Å². The number of nitrogens with zero attached hydrogens (tertiary/aromatic N) is 2. The molecule has 0 fully saturated rings. The molecular formula is C28H24BrN3O7. The van der Waals surface area contributed by atoms with Crippen LogP contribution in [0.5, 0.6) is 17.2 Å². The maximum absolute atomic E-state index is 13.1. The molecule has 0 radical (unpaired) electrons. The zero-order chi connectivity index (χ0) is 28.1. The lowest BCUT2D eigenvalue weighted by Crippen LogP contribution is -2.21. The van der Waals surface area contributed by atoms with Gasteiger partial charge < -0.3 is 24.6 Å². The summed E-state index contributed by atoms with van der Waals surface area (Å²) in [4.78, 5) is 36.7. The highest BCUT2D eigenvalue weighted by Crippen LogP contribution is 2.38. The van der Waals surface area contributed by atoms with Crippen molar-refractivity contribution in [1.29, 1.82) is 0 Å². The van der Waals surface area contributed by atoms with Gasteiger partial charge in [-0.05, 0) is 83.0 Å². The van der Waals surface area contributed by atoms with Crippen LogP contribution in [0, 0.1) is 0 Å². The number of aromatic carboxylic acids is 1. The third-order valence-corrected chi connectivity index (χ3v) is 6.30. The van der Waals surface area contributed by atoms with E-state index in [-0.39, 0.29) is 24.0 Å². The number of ether oxygens (including phenoxy) is 3. The molecule has 4 rings (SSSR count). The van der Waals surface area contributed by atoms with E-state index in [0.29, 0.717) is 49.9 Å². The highest BCUT2D eigenvalue weighted by molar-refractivity contribution is 9.10. The van der Waals surface area contributed by atoms with Gasteiger partial charge in [0.2, 0.25) is 0 Å². The minimum atomic E-state index is -1.06. The molecule has 11 heteroatoms. The van der Waals surface area contributed by atoms with Gasteiger partial charge in [-0.2, -0.15) is 10.1 Å². The summed E-state index contributed by atoms with van der Waals surface area (Å²) in [5, 5.41) is 17.4. The van der Waals surface area contributed by atoms with Crippen LogP contribution < -0.4 is 24.5 Å². The average molecular weight is 594 g/mol. The Morgan fingerprint density at radius 3 is 2.41 bits per heavy atom. The van der Waals surface area contributed by atoms with Crippen LogP contribution in [0.15, 0.2) is 75.8 Å². The van der Waals surface area contributed by atoms with Crippen molar-refractivity contribution in [2.75, 3.05) is 31.2 Å². The topological polar surface area (TPSA) is 127 Å². The predicted octanol–water partition coefficient (Wildman–Crippen LogP) is 4.99. The van der Waals surface area contributed by atoms with Crippen LogP contribution >= 0.6 is 15.9 Å². The number of para-hydroxylation sites is 2.